The van der Waals surface area contributed by atoms with Gasteiger partial charge in [-0.05, 0) is 42.5 Å². The van der Waals surface area contributed by atoms with Gasteiger partial charge in [0, 0.05) is 17.3 Å². The lowest BCUT2D eigenvalue weighted by molar-refractivity contribution is 1.04. The summed E-state index contributed by atoms with van der Waals surface area (Å²) in [4.78, 5) is 9.70. The van der Waals surface area contributed by atoms with E-state index in [4.69, 9.17) is 4.98 Å². The molecule has 4 heterocycles. The molecule has 146 valence electrons. The van der Waals surface area contributed by atoms with Gasteiger partial charge in [-0.2, -0.15) is 0 Å². The molecule has 31 heavy (non-hydrogen) atoms. The summed E-state index contributed by atoms with van der Waals surface area (Å²) < 4.78 is 6.76. The Balaban J connectivity index is 1.82. The van der Waals surface area contributed by atoms with E-state index in [1.54, 1.807) is 0 Å². The smallest absolute Gasteiger partial charge is 0.223 e. The first-order chi connectivity index (χ1) is 15.4. The fourth-order valence-electron chi connectivity index (χ4n) is 4.65. The molecule has 0 spiro atoms. The van der Waals surface area contributed by atoms with Crippen LogP contribution in [0.5, 0.6) is 0 Å². The minimum atomic E-state index is 0.855. The summed E-state index contributed by atoms with van der Waals surface area (Å²) >= 11 is 0. The molecule has 0 aliphatic rings. The third kappa shape index (κ3) is 2.15. The average Bonchev–Trinajstić information content (AvgIpc) is 3.46. The number of nitrogens with zero attached hydrogens (tertiary/aromatic N) is 5. The van der Waals surface area contributed by atoms with Crippen LogP contribution in [0.25, 0.3) is 50.4 Å². The molecule has 0 saturated carbocycles. The van der Waals surface area contributed by atoms with Crippen LogP contribution in [0.3, 0.4) is 0 Å². The van der Waals surface area contributed by atoms with Gasteiger partial charge in [-0.3, -0.25) is 13.5 Å². The zero-order valence-electron chi connectivity index (χ0n) is 16.6. The fourth-order valence-corrected chi connectivity index (χ4v) is 4.65. The lowest BCUT2D eigenvalue weighted by Crippen LogP contribution is -1.98. The van der Waals surface area contributed by atoms with Crippen LogP contribution in [0.1, 0.15) is 0 Å². The maximum Gasteiger partial charge on any atom is 0.223 e. The summed E-state index contributed by atoms with van der Waals surface area (Å²) in [5.74, 6) is 1.72. The molecule has 0 amide bonds. The molecule has 0 unspecified atom stereocenters. The van der Waals surface area contributed by atoms with Crippen molar-refractivity contribution in [2.45, 2.75) is 0 Å². The number of fused-ring (bicyclic) bond motifs is 7. The molecule has 0 atom stereocenters. The molecule has 4 aromatic heterocycles. The second-order valence-electron chi connectivity index (χ2n) is 7.62. The molecule has 3 aromatic carbocycles. The van der Waals surface area contributed by atoms with Crippen LogP contribution >= 0.6 is 0 Å². The van der Waals surface area contributed by atoms with Gasteiger partial charge < -0.3 is 0 Å². The van der Waals surface area contributed by atoms with Gasteiger partial charge in [0.05, 0.1) is 16.6 Å². The Morgan fingerprint density at radius 3 is 2.19 bits per heavy atom. The van der Waals surface area contributed by atoms with Crippen molar-refractivity contribution in [3.8, 4) is 11.5 Å². The molecule has 0 radical (unpaired) electrons. The lowest BCUT2D eigenvalue weighted by atomic mass is 10.2. The van der Waals surface area contributed by atoms with Crippen molar-refractivity contribution in [2.24, 2.45) is 0 Å². The molecule has 0 aliphatic heterocycles. The third-order valence-electron chi connectivity index (χ3n) is 5.89. The number of imidazole rings is 2. The Kier molecular flexibility index (Phi) is 3.21. The Morgan fingerprint density at radius 1 is 0.613 bits per heavy atom. The standard InChI is InChI=1S/C26H17N5/c1-2-10-18(11-3-1)29-21-14-6-4-12-19(21)24-25(29)30-22-15-7-5-13-20(22)28-26(30)31(24)23-16-8-9-17-27-23/h1-17H. The second-order valence-corrected chi connectivity index (χ2v) is 7.62. The summed E-state index contributed by atoms with van der Waals surface area (Å²) in [6.07, 6.45) is 1.83. The summed E-state index contributed by atoms with van der Waals surface area (Å²) in [6, 6.07) is 33.3. The van der Waals surface area contributed by atoms with E-state index in [0.717, 1.165) is 45.0 Å². The van der Waals surface area contributed by atoms with Crippen LogP contribution in [0.15, 0.2) is 103 Å². The predicted molar refractivity (Wildman–Crippen MR) is 124 cm³/mol. The van der Waals surface area contributed by atoms with Crippen molar-refractivity contribution < 1.29 is 0 Å². The SMILES string of the molecule is c1ccc(-n2c3ccccc3c3c2n2c4ccccc4nc2n3-c2ccccn2)cc1. The highest BCUT2D eigenvalue weighted by atomic mass is 15.3. The first-order valence-corrected chi connectivity index (χ1v) is 10.3. The molecule has 0 bridgehead atoms. The van der Waals surface area contributed by atoms with Crippen LogP contribution < -0.4 is 0 Å². The summed E-state index contributed by atoms with van der Waals surface area (Å²) in [7, 11) is 0. The minimum absolute atomic E-state index is 0.855. The Labute approximate surface area is 177 Å². The average molecular weight is 399 g/mol. The number of para-hydroxylation sites is 4. The monoisotopic (exact) mass is 399 g/mol. The van der Waals surface area contributed by atoms with Crippen LogP contribution in [0.4, 0.5) is 0 Å². The molecule has 5 nitrogen and oxygen atoms in total. The van der Waals surface area contributed by atoms with E-state index in [9.17, 15) is 0 Å². The zero-order chi connectivity index (χ0) is 20.4. The molecule has 0 N–H and O–H groups in total. The number of pyridine rings is 1. The number of rotatable bonds is 2. The van der Waals surface area contributed by atoms with E-state index in [1.165, 1.54) is 5.39 Å². The van der Waals surface area contributed by atoms with Gasteiger partial charge in [0.2, 0.25) is 5.78 Å². The molecular formula is C26H17N5. The zero-order valence-corrected chi connectivity index (χ0v) is 16.6. The third-order valence-corrected chi connectivity index (χ3v) is 5.89. The lowest BCUT2D eigenvalue weighted by Gasteiger charge is -2.07. The highest BCUT2D eigenvalue weighted by molar-refractivity contribution is 6.10. The maximum absolute atomic E-state index is 5.02. The van der Waals surface area contributed by atoms with Gasteiger partial charge in [-0.15, -0.1) is 0 Å². The fraction of sp³-hybridized carbons (Fsp3) is 0. The van der Waals surface area contributed by atoms with E-state index in [0.29, 0.717) is 0 Å². The van der Waals surface area contributed by atoms with Crippen molar-refractivity contribution >= 4 is 38.9 Å². The van der Waals surface area contributed by atoms with Gasteiger partial charge in [0.25, 0.3) is 0 Å². The van der Waals surface area contributed by atoms with E-state index in [1.807, 2.05) is 36.5 Å². The van der Waals surface area contributed by atoms with E-state index < -0.39 is 0 Å². The summed E-state index contributed by atoms with van der Waals surface area (Å²) in [6.45, 7) is 0. The van der Waals surface area contributed by atoms with Crippen molar-refractivity contribution in [2.75, 3.05) is 0 Å². The normalized spacial score (nSPS) is 11.9. The molecule has 7 rings (SSSR count). The largest absolute Gasteiger partial charge is 0.294 e. The Morgan fingerprint density at radius 2 is 1.35 bits per heavy atom. The number of hydrogen-bond donors (Lipinski definition) is 0. The van der Waals surface area contributed by atoms with Crippen LogP contribution in [-0.4, -0.2) is 23.5 Å². The quantitative estimate of drug-likeness (QED) is 0.370. The molecule has 0 saturated heterocycles. The van der Waals surface area contributed by atoms with Gasteiger partial charge >= 0.3 is 0 Å². The first-order valence-electron chi connectivity index (χ1n) is 10.3. The van der Waals surface area contributed by atoms with Crippen LogP contribution in [0, 0.1) is 0 Å². The molecule has 7 aromatic rings. The molecule has 0 aliphatic carbocycles. The van der Waals surface area contributed by atoms with Crippen molar-refractivity contribution in [3.63, 3.8) is 0 Å². The molecule has 0 fully saturated rings. The molecular weight excluding hydrogens is 382 g/mol. The number of benzene rings is 3. The Hall–Kier alpha value is -4.38. The summed E-state index contributed by atoms with van der Waals surface area (Å²) in [5.41, 5.74) is 6.51. The van der Waals surface area contributed by atoms with Crippen LogP contribution in [0.2, 0.25) is 0 Å². The molecule has 5 heteroatoms. The van der Waals surface area contributed by atoms with E-state index >= 15 is 0 Å². The highest BCUT2D eigenvalue weighted by Gasteiger charge is 2.24. The highest BCUT2D eigenvalue weighted by Crippen LogP contribution is 2.37. The minimum Gasteiger partial charge on any atom is -0.294 e. The van der Waals surface area contributed by atoms with Gasteiger partial charge in [0.15, 0.2) is 5.65 Å². The van der Waals surface area contributed by atoms with Gasteiger partial charge in [0.1, 0.15) is 11.3 Å². The van der Waals surface area contributed by atoms with Gasteiger partial charge in [-0.1, -0.05) is 54.6 Å². The van der Waals surface area contributed by atoms with Gasteiger partial charge in [-0.25, -0.2) is 9.97 Å². The Bertz CT molecular complexity index is 1720. The van der Waals surface area contributed by atoms with Crippen LogP contribution in [-0.2, 0) is 0 Å². The van der Waals surface area contributed by atoms with Crippen molar-refractivity contribution in [1.29, 1.82) is 0 Å². The van der Waals surface area contributed by atoms with Crippen molar-refractivity contribution in [1.82, 2.24) is 23.5 Å². The second kappa shape index (κ2) is 6.06. The van der Waals surface area contributed by atoms with Crippen molar-refractivity contribution in [3.05, 3.63) is 103 Å². The predicted octanol–water partition coefficient (Wildman–Crippen LogP) is 5.77. The summed E-state index contributed by atoms with van der Waals surface area (Å²) in [5, 5.41) is 1.17. The number of aromatic nitrogens is 5. The first kappa shape index (κ1) is 16.4. The van der Waals surface area contributed by atoms with E-state index in [2.05, 4.69) is 85.2 Å². The number of hydrogen-bond acceptors (Lipinski definition) is 2. The van der Waals surface area contributed by atoms with E-state index in [-0.39, 0.29) is 0 Å². The topological polar surface area (TPSA) is 40.0 Å². The maximum atomic E-state index is 5.02.